The summed E-state index contributed by atoms with van der Waals surface area (Å²) in [5, 5.41) is 9.35. The van der Waals surface area contributed by atoms with Gasteiger partial charge < -0.3 is 9.84 Å². The Kier molecular flexibility index (Phi) is 4.70. The highest BCUT2D eigenvalue weighted by molar-refractivity contribution is 6.05. The Balaban J connectivity index is 1.96. The molecule has 0 aliphatic carbocycles. The van der Waals surface area contributed by atoms with Crippen molar-refractivity contribution in [1.82, 2.24) is 0 Å². The van der Waals surface area contributed by atoms with Gasteiger partial charge >= 0.3 is 5.97 Å². The van der Waals surface area contributed by atoms with E-state index < -0.39 is 18.9 Å². The van der Waals surface area contributed by atoms with Crippen LogP contribution in [0.2, 0.25) is 0 Å². The molecule has 0 aromatic heterocycles. The number of halogens is 1. The van der Waals surface area contributed by atoms with Crippen LogP contribution in [0.25, 0.3) is 11.1 Å². The number of fused-ring (bicyclic) bond motifs is 1. The molecule has 25 heavy (non-hydrogen) atoms. The van der Waals surface area contributed by atoms with Gasteiger partial charge in [0.1, 0.15) is 11.8 Å². The summed E-state index contributed by atoms with van der Waals surface area (Å²) in [4.78, 5) is 25.1. The number of carboxylic acid groups (broad SMARTS) is 1. The number of ether oxygens (including phenoxy) is 1. The van der Waals surface area contributed by atoms with Crippen molar-refractivity contribution in [2.45, 2.75) is 25.8 Å². The highest BCUT2D eigenvalue weighted by atomic mass is 19.1. The molecule has 2 aromatic carbocycles. The molecule has 0 saturated carbocycles. The van der Waals surface area contributed by atoms with Gasteiger partial charge in [-0.1, -0.05) is 25.1 Å². The highest BCUT2D eigenvalue weighted by Crippen LogP contribution is 2.35. The number of nitrogens with zero attached hydrogens (tertiary/aromatic N) is 1. The van der Waals surface area contributed by atoms with Crippen LogP contribution >= 0.6 is 0 Å². The van der Waals surface area contributed by atoms with E-state index in [1.54, 1.807) is 31.2 Å². The molecule has 1 aliphatic rings. The van der Waals surface area contributed by atoms with Gasteiger partial charge in [-0.25, -0.2) is 9.18 Å². The van der Waals surface area contributed by atoms with Crippen LogP contribution in [0.5, 0.6) is 5.75 Å². The average Bonchev–Trinajstić information content (AvgIpc) is 2.91. The molecule has 1 amide bonds. The van der Waals surface area contributed by atoms with Gasteiger partial charge in [-0.15, -0.1) is 0 Å². The van der Waals surface area contributed by atoms with Gasteiger partial charge in [-0.3, -0.25) is 9.69 Å². The number of anilines is 1. The number of hydrogen-bond donors (Lipinski definition) is 1. The number of benzene rings is 2. The average molecular weight is 343 g/mol. The predicted octanol–water partition coefficient (Wildman–Crippen LogP) is 3.41. The van der Waals surface area contributed by atoms with Crippen molar-refractivity contribution in [3.8, 4) is 16.9 Å². The van der Waals surface area contributed by atoms with Crippen LogP contribution in [0.4, 0.5) is 10.1 Å². The third-order valence-corrected chi connectivity index (χ3v) is 4.32. The Hall–Kier alpha value is -2.89. The predicted molar refractivity (Wildman–Crippen MR) is 91.4 cm³/mol. The molecule has 1 N–H and O–H groups in total. The zero-order chi connectivity index (χ0) is 18.0. The Labute approximate surface area is 144 Å². The van der Waals surface area contributed by atoms with Crippen LogP contribution in [0, 0.1) is 0 Å². The first-order valence-corrected chi connectivity index (χ1v) is 8.02. The van der Waals surface area contributed by atoms with Gasteiger partial charge in [0.2, 0.25) is 12.8 Å². The number of amides is 1. The minimum atomic E-state index is -1.01. The zero-order valence-corrected chi connectivity index (χ0v) is 13.7. The fourth-order valence-corrected chi connectivity index (χ4v) is 3.16. The number of carbonyl (C=O) groups excluding carboxylic acids is 1. The molecule has 6 heteroatoms. The lowest BCUT2D eigenvalue weighted by atomic mass is 10.0. The van der Waals surface area contributed by atoms with Crippen LogP contribution in [-0.4, -0.2) is 29.9 Å². The van der Waals surface area contributed by atoms with E-state index in [1.807, 2.05) is 18.2 Å². The molecule has 1 unspecified atom stereocenters. The molecule has 0 fully saturated rings. The third kappa shape index (κ3) is 3.20. The van der Waals surface area contributed by atoms with Gasteiger partial charge in [0.15, 0.2) is 0 Å². The second-order valence-corrected chi connectivity index (χ2v) is 5.83. The standard InChI is InChI=1S/C19H18FNO4/c1-2-16(19(23)24)21-17-7-6-13(8-14(17)10-18(21)22)12-4-3-5-15(9-12)25-11-20/h3-9,16H,2,10-11H2,1H3,(H,23,24). The first kappa shape index (κ1) is 17.0. The van der Waals surface area contributed by atoms with E-state index in [0.717, 1.165) is 16.7 Å². The smallest absolute Gasteiger partial charge is 0.326 e. The molecule has 0 spiro atoms. The number of carboxylic acids is 1. The fraction of sp³-hybridized carbons (Fsp3) is 0.263. The molecular formula is C19H18FNO4. The number of carbonyl (C=O) groups is 2. The van der Waals surface area contributed by atoms with E-state index in [0.29, 0.717) is 17.9 Å². The van der Waals surface area contributed by atoms with Crippen molar-refractivity contribution in [3.05, 3.63) is 48.0 Å². The molecule has 0 radical (unpaired) electrons. The summed E-state index contributed by atoms with van der Waals surface area (Å²) in [6.07, 6.45) is 0.512. The van der Waals surface area contributed by atoms with Gasteiger partial charge in [0.05, 0.1) is 6.42 Å². The van der Waals surface area contributed by atoms with Crippen molar-refractivity contribution in [1.29, 1.82) is 0 Å². The second-order valence-electron chi connectivity index (χ2n) is 5.83. The van der Waals surface area contributed by atoms with Gasteiger partial charge in [-0.2, -0.15) is 0 Å². The largest absolute Gasteiger partial charge is 0.480 e. The molecular weight excluding hydrogens is 325 g/mol. The summed E-state index contributed by atoms with van der Waals surface area (Å²) >= 11 is 0. The van der Waals surface area contributed by atoms with E-state index in [2.05, 4.69) is 0 Å². The van der Waals surface area contributed by atoms with E-state index in [9.17, 15) is 19.1 Å². The van der Waals surface area contributed by atoms with Crippen molar-refractivity contribution >= 4 is 17.6 Å². The van der Waals surface area contributed by atoms with E-state index >= 15 is 0 Å². The third-order valence-electron chi connectivity index (χ3n) is 4.32. The van der Waals surface area contributed by atoms with Crippen molar-refractivity contribution in [2.75, 3.05) is 11.8 Å². The summed E-state index contributed by atoms with van der Waals surface area (Å²) in [7, 11) is 0. The Morgan fingerprint density at radius 1 is 1.28 bits per heavy atom. The molecule has 0 bridgehead atoms. The maximum absolute atomic E-state index is 12.3. The van der Waals surface area contributed by atoms with Crippen LogP contribution in [0.3, 0.4) is 0 Å². The quantitative estimate of drug-likeness (QED) is 0.873. The number of aliphatic carboxylic acids is 1. The summed E-state index contributed by atoms with van der Waals surface area (Å²) in [5.41, 5.74) is 3.13. The Morgan fingerprint density at radius 2 is 2.04 bits per heavy atom. The lowest BCUT2D eigenvalue weighted by Crippen LogP contribution is -2.42. The lowest BCUT2D eigenvalue weighted by Gasteiger charge is -2.24. The van der Waals surface area contributed by atoms with E-state index in [4.69, 9.17) is 4.74 Å². The lowest BCUT2D eigenvalue weighted by molar-refractivity contribution is -0.140. The topological polar surface area (TPSA) is 66.8 Å². The maximum Gasteiger partial charge on any atom is 0.326 e. The molecule has 5 nitrogen and oxygen atoms in total. The summed E-state index contributed by atoms with van der Waals surface area (Å²) in [6, 6.07) is 11.6. The fourth-order valence-electron chi connectivity index (χ4n) is 3.16. The monoisotopic (exact) mass is 343 g/mol. The Bertz CT molecular complexity index is 821. The SMILES string of the molecule is CCC(C(=O)O)N1C(=O)Cc2cc(-c3cccc(OCF)c3)ccc21. The van der Waals surface area contributed by atoms with Crippen LogP contribution < -0.4 is 9.64 Å². The van der Waals surface area contributed by atoms with Crippen molar-refractivity contribution in [3.63, 3.8) is 0 Å². The van der Waals surface area contributed by atoms with Crippen LogP contribution in [-0.2, 0) is 16.0 Å². The summed E-state index contributed by atoms with van der Waals surface area (Å²) in [5.74, 6) is -0.796. The minimum Gasteiger partial charge on any atom is -0.480 e. The molecule has 1 atom stereocenters. The first-order valence-electron chi connectivity index (χ1n) is 8.02. The second kappa shape index (κ2) is 6.93. The van der Waals surface area contributed by atoms with Gasteiger partial charge in [0, 0.05) is 5.69 Å². The number of alkyl halides is 1. The van der Waals surface area contributed by atoms with Gasteiger partial charge in [0.25, 0.3) is 0 Å². The number of rotatable bonds is 6. The maximum atomic E-state index is 12.3. The minimum absolute atomic E-state index is 0.174. The highest BCUT2D eigenvalue weighted by Gasteiger charge is 2.35. The summed E-state index contributed by atoms with van der Waals surface area (Å²) < 4.78 is 17.2. The molecule has 130 valence electrons. The summed E-state index contributed by atoms with van der Waals surface area (Å²) in [6.45, 7) is 0.847. The molecule has 1 heterocycles. The molecule has 0 saturated heterocycles. The van der Waals surface area contributed by atoms with Gasteiger partial charge in [-0.05, 0) is 47.4 Å². The van der Waals surface area contributed by atoms with Crippen LogP contribution in [0.1, 0.15) is 18.9 Å². The molecule has 3 rings (SSSR count). The number of hydrogen-bond acceptors (Lipinski definition) is 3. The van der Waals surface area contributed by atoms with Crippen molar-refractivity contribution in [2.24, 2.45) is 0 Å². The Morgan fingerprint density at radius 3 is 2.72 bits per heavy atom. The van der Waals surface area contributed by atoms with Crippen LogP contribution in [0.15, 0.2) is 42.5 Å². The normalized spacial score (nSPS) is 14.3. The van der Waals surface area contributed by atoms with E-state index in [1.165, 1.54) is 4.90 Å². The first-order chi connectivity index (χ1) is 12.0. The van der Waals surface area contributed by atoms with E-state index in [-0.39, 0.29) is 12.3 Å². The molecule has 1 aliphatic heterocycles. The zero-order valence-electron chi connectivity index (χ0n) is 13.7. The molecule has 2 aromatic rings. The van der Waals surface area contributed by atoms with Crippen molar-refractivity contribution < 1.29 is 23.8 Å².